The lowest BCUT2D eigenvalue weighted by Gasteiger charge is -2.19. The molecule has 0 unspecified atom stereocenters. The molecule has 5 heteroatoms. The summed E-state index contributed by atoms with van der Waals surface area (Å²) in [5, 5.41) is 2.69. The van der Waals surface area contributed by atoms with Gasteiger partial charge in [-0.25, -0.2) is 4.98 Å². The van der Waals surface area contributed by atoms with E-state index in [1.165, 1.54) is 0 Å². The summed E-state index contributed by atoms with van der Waals surface area (Å²) >= 11 is 7.72. The third-order valence-electron chi connectivity index (χ3n) is 2.27. The van der Waals surface area contributed by atoms with E-state index in [9.17, 15) is 0 Å². The first-order chi connectivity index (χ1) is 7.66. The Labute approximate surface area is 103 Å². The van der Waals surface area contributed by atoms with Crippen molar-refractivity contribution < 1.29 is 0 Å². The molecule has 84 valence electrons. The monoisotopic (exact) mass is 253 g/mol. The lowest BCUT2D eigenvalue weighted by Crippen LogP contribution is -2.16. The van der Waals surface area contributed by atoms with Gasteiger partial charge in [0, 0.05) is 18.1 Å². The van der Waals surface area contributed by atoms with Crippen LogP contribution in [0.2, 0.25) is 5.02 Å². The zero-order chi connectivity index (χ0) is 11.5. The molecule has 1 aromatic carbocycles. The Morgan fingerprint density at radius 2 is 2.31 bits per heavy atom. The van der Waals surface area contributed by atoms with E-state index in [1.807, 2.05) is 30.1 Å². The quantitative estimate of drug-likeness (QED) is 0.855. The number of nitrogens with two attached hydrogens (primary N) is 1. The predicted octanol–water partition coefficient (Wildman–Crippen LogP) is 3.02. The molecule has 0 saturated carbocycles. The van der Waals surface area contributed by atoms with Crippen LogP contribution in [0.4, 0.5) is 11.4 Å². The maximum absolute atomic E-state index is 6.13. The van der Waals surface area contributed by atoms with Gasteiger partial charge >= 0.3 is 0 Å². The van der Waals surface area contributed by atoms with Gasteiger partial charge in [-0.1, -0.05) is 11.6 Å². The van der Waals surface area contributed by atoms with E-state index in [4.69, 9.17) is 17.3 Å². The molecule has 0 amide bonds. The maximum Gasteiger partial charge on any atom is 0.0795 e. The molecule has 0 bridgehead atoms. The minimum Gasteiger partial charge on any atom is -0.399 e. The summed E-state index contributed by atoms with van der Waals surface area (Å²) in [5.41, 5.74) is 10.2. The van der Waals surface area contributed by atoms with Gasteiger partial charge in [-0.05, 0) is 18.2 Å². The number of benzene rings is 1. The molecule has 0 radical (unpaired) electrons. The normalized spacial score (nSPS) is 10.4. The molecule has 0 atom stereocenters. The number of nitrogens with zero attached hydrogens (tertiary/aromatic N) is 2. The molecular formula is C11H12ClN3S. The van der Waals surface area contributed by atoms with Crippen LogP contribution >= 0.6 is 22.9 Å². The van der Waals surface area contributed by atoms with Crippen LogP contribution in [0, 0.1) is 0 Å². The Morgan fingerprint density at radius 3 is 2.94 bits per heavy atom. The summed E-state index contributed by atoms with van der Waals surface area (Å²) in [4.78, 5) is 6.29. The SMILES string of the molecule is CN(Cc1cscn1)c1ccc(N)cc1Cl. The molecule has 0 aliphatic rings. The largest absolute Gasteiger partial charge is 0.399 e. The third-order valence-corrected chi connectivity index (χ3v) is 3.20. The molecular weight excluding hydrogens is 242 g/mol. The second kappa shape index (κ2) is 4.72. The molecule has 0 aliphatic heterocycles. The number of hydrogen-bond donors (Lipinski definition) is 1. The van der Waals surface area contributed by atoms with Crippen molar-refractivity contribution in [2.24, 2.45) is 0 Å². The molecule has 1 aromatic heterocycles. The predicted molar refractivity (Wildman–Crippen MR) is 70.1 cm³/mol. The standard InChI is InChI=1S/C11H12ClN3S/c1-15(5-9-6-16-7-14-9)11-3-2-8(13)4-10(11)12/h2-4,6-7H,5,13H2,1H3. The topological polar surface area (TPSA) is 42.2 Å². The smallest absolute Gasteiger partial charge is 0.0795 e. The van der Waals surface area contributed by atoms with Crippen LogP contribution in [0.25, 0.3) is 0 Å². The van der Waals surface area contributed by atoms with Gasteiger partial charge < -0.3 is 10.6 Å². The fraction of sp³-hybridized carbons (Fsp3) is 0.182. The van der Waals surface area contributed by atoms with Gasteiger partial charge in [0.15, 0.2) is 0 Å². The summed E-state index contributed by atoms with van der Waals surface area (Å²) in [5.74, 6) is 0. The van der Waals surface area contributed by atoms with Crippen molar-refractivity contribution in [3.05, 3.63) is 39.8 Å². The molecule has 2 N–H and O–H groups in total. The Kier molecular flexibility index (Phi) is 3.31. The van der Waals surface area contributed by atoms with E-state index < -0.39 is 0 Å². The van der Waals surface area contributed by atoms with E-state index in [0.29, 0.717) is 10.7 Å². The Hall–Kier alpha value is -1.26. The van der Waals surface area contributed by atoms with Crippen molar-refractivity contribution in [2.75, 3.05) is 17.7 Å². The highest BCUT2D eigenvalue weighted by molar-refractivity contribution is 7.07. The second-order valence-electron chi connectivity index (χ2n) is 3.55. The number of hydrogen-bond acceptors (Lipinski definition) is 4. The maximum atomic E-state index is 6.13. The number of anilines is 2. The zero-order valence-corrected chi connectivity index (χ0v) is 10.4. The van der Waals surface area contributed by atoms with Gasteiger partial charge in [-0.2, -0.15) is 0 Å². The highest BCUT2D eigenvalue weighted by atomic mass is 35.5. The van der Waals surface area contributed by atoms with Crippen LogP contribution in [0.15, 0.2) is 29.1 Å². The summed E-state index contributed by atoms with van der Waals surface area (Å²) < 4.78 is 0. The minimum atomic E-state index is 0.665. The van der Waals surface area contributed by atoms with Crippen LogP contribution in [0.5, 0.6) is 0 Å². The Morgan fingerprint density at radius 1 is 1.50 bits per heavy atom. The second-order valence-corrected chi connectivity index (χ2v) is 4.67. The molecule has 0 fully saturated rings. The van der Waals surface area contributed by atoms with Crippen molar-refractivity contribution in [3.8, 4) is 0 Å². The first-order valence-electron chi connectivity index (χ1n) is 4.80. The van der Waals surface area contributed by atoms with Gasteiger partial charge in [0.1, 0.15) is 0 Å². The van der Waals surface area contributed by atoms with Gasteiger partial charge in [0.05, 0.1) is 28.5 Å². The molecule has 16 heavy (non-hydrogen) atoms. The summed E-state index contributed by atoms with van der Waals surface area (Å²) in [6.45, 7) is 0.743. The van der Waals surface area contributed by atoms with E-state index in [0.717, 1.165) is 17.9 Å². The molecule has 0 saturated heterocycles. The van der Waals surface area contributed by atoms with Crippen molar-refractivity contribution in [2.45, 2.75) is 6.54 Å². The highest BCUT2D eigenvalue weighted by Crippen LogP contribution is 2.27. The van der Waals surface area contributed by atoms with E-state index in [2.05, 4.69) is 9.88 Å². The van der Waals surface area contributed by atoms with E-state index >= 15 is 0 Å². The van der Waals surface area contributed by atoms with Gasteiger partial charge in [-0.3, -0.25) is 0 Å². The van der Waals surface area contributed by atoms with Crippen molar-refractivity contribution in [3.63, 3.8) is 0 Å². The van der Waals surface area contributed by atoms with Crippen LogP contribution in [-0.4, -0.2) is 12.0 Å². The van der Waals surface area contributed by atoms with Crippen molar-refractivity contribution in [1.29, 1.82) is 0 Å². The average molecular weight is 254 g/mol. The number of nitrogen functional groups attached to an aromatic ring is 1. The van der Waals surface area contributed by atoms with Gasteiger partial charge in [0.2, 0.25) is 0 Å². The lowest BCUT2D eigenvalue weighted by atomic mass is 10.2. The highest BCUT2D eigenvalue weighted by Gasteiger charge is 2.07. The Balaban J connectivity index is 2.17. The molecule has 3 nitrogen and oxygen atoms in total. The molecule has 0 spiro atoms. The van der Waals surface area contributed by atoms with Crippen LogP contribution in [0.3, 0.4) is 0 Å². The Bertz CT molecular complexity index is 470. The van der Waals surface area contributed by atoms with Crippen LogP contribution < -0.4 is 10.6 Å². The lowest BCUT2D eigenvalue weighted by molar-refractivity contribution is 0.895. The fourth-order valence-electron chi connectivity index (χ4n) is 1.48. The zero-order valence-electron chi connectivity index (χ0n) is 8.85. The van der Waals surface area contributed by atoms with E-state index in [1.54, 1.807) is 17.4 Å². The third kappa shape index (κ3) is 2.46. The summed E-state index contributed by atoms with van der Waals surface area (Å²) in [6, 6.07) is 5.53. The first kappa shape index (κ1) is 11.2. The molecule has 1 heterocycles. The number of thiazole rings is 1. The van der Waals surface area contributed by atoms with Crippen molar-refractivity contribution >= 4 is 34.3 Å². The average Bonchev–Trinajstić information content (AvgIpc) is 2.70. The number of aromatic nitrogens is 1. The molecule has 2 rings (SSSR count). The van der Waals surface area contributed by atoms with Gasteiger partial charge in [0.25, 0.3) is 0 Å². The molecule has 2 aromatic rings. The fourth-order valence-corrected chi connectivity index (χ4v) is 2.36. The number of halogens is 1. The van der Waals surface area contributed by atoms with Gasteiger partial charge in [-0.15, -0.1) is 11.3 Å². The van der Waals surface area contributed by atoms with Crippen molar-refractivity contribution in [1.82, 2.24) is 4.98 Å². The summed E-state index contributed by atoms with van der Waals surface area (Å²) in [7, 11) is 1.98. The molecule has 0 aliphatic carbocycles. The van der Waals surface area contributed by atoms with Crippen LogP contribution in [-0.2, 0) is 6.54 Å². The number of rotatable bonds is 3. The van der Waals surface area contributed by atoms with E-state index in [-0.39, 0.29) is 0 Å². The minimum absolute atomic E-state index is 0.665. The first-order valence-corrected chi connectivity index (χ1v) is 6.12. The van der Waals surface area contributed by atoms with Crippen LogP contribution in [0.1, 0.15) is 5.69 Å². The summed E-state index contributed by atoms with van der Waals surface area (Å²) in [6.07, 6.45) is 0.